The summed E-state index contributed by atoms with van der Waals surface area (Å²) in [5.41, 5.74) is 1.27. The minimum atomic E-state index is -0.230. The van der Waals surface area contributed by atoms with Gasteiger partial charge in [-0.3, -0.25) is 4.79 Å². The fourth-order valence-corrected chi connectivity index (χ4v) is 4.65. The second-order valence-corrected chi connectivity index (χ2v) is 8.93. The first kappa shape index (κ1) is 22.0. The molecule has 8 nitrogen and oxygen atoms in total. The highest BCUT2D eigenvalue weighted by Crippen LogP contribution is 2.39. The molecule has 0 radical (unpaired) electrons. The Morgan fingerprint density at radius 2 is 2.15 bits per heavy atom. The molecule has 0 aliphatic carbocycles. The monoisotopic (exact) mass is 475 g/mol. The molecular formula is C25H22ClN5O3. The summed E-state index contributed by atoms with van der Waals surface area (Å²) in [5, 5.41) is 23.9. The van der Waals surface area contributed by atoms with Crippen molar-refractivity contribution in [1.82, 2.24) is 10.2 Å². The minimum Gasteiger partial charge on any atom is -0.495 e. The van der Waals surface area contributed by atoms with Crippen molar-refractivity contribution in [2.24, 2.45) is 5.41 Å². The van der Waals surface area contributed by atoms with Crippen molar-refractivity contribution >= 4 is 40.0 Å². The Balaban J connectivity index is 1.45. The molecule has 172 valence electrons. The van der Waals surface area contributed by atoms with Crippen molar-refractivity contribution in [2.75, 3.05) is 30.5 Å². The number of methoxy groups -OCH3 is 1. The Hall–Kier alpha value is -3.83. The number of aromatic nitrogens is 2. The lowest BCUT2D eigenvalue weighted by atomic mass is 9.82. The fourth-order valence-electron chi connectivity index (χ4n) is 4.37. The summed E-state index contributed by atoms with van der Waals surface area (Å²) in [6, 6.07) is 13.3. The lowest BCUT2D eigenvalue weighted by Crippen LogP contribution is -2.32. The first-order valence-corrected chi connectivity index (χ1v) is 11.3. The molecule has 2 aliphatic rings. The molecule has 1 saturated heterocycles. The smallest absolute Gasteiger partial charge is 0.306 e. The molecule has 1 atom stereocenters. The van der Waals surface area contributed by atoms with E-state index in [4.69, 9.17) is 21.1 Å². The summed E-state index contributed by atoms with van der Waals surface area (Å²) in [6.45, 7) is 1.59. The number of hydrogen-bond donors (Lipinski definition) is 1. The maximum atomic E-state index is 11.6. The SMILES string of the molecule is COc1ccc(CNc2nnc(N3C=CC4(CC3)COC(=O)C4)c3ccc(C#N)cc23)cc1Cl. The quantitative estimate of drug-likeness (QED) is 0.541. The van der Waals surface area contributed by atoms with Crippen LogP contribution in [0.3, 0.4) is 0 Å². The molecule has 2 aliphatic heterocycles. The van der Waals surface area contributed by atoms with Crippen LogP contribution in [0.2, 0.25) is 5.02 Å². The summed E-state index contributed by atoms with van der Waals surface area (Å²) in [5.74, 6) is 1.74. The molecule has 1 aromatic heterocycles. The zero-order valence-electron chi connectivity index (χ0n) is 18.5. The van der Waals surface area contributed by atoms with E-state index in [0.717, 1.165) is 22.8 Å². The number of nitrogens with zero attached hydrogens (tertiary/aromatic N) is 4. The van der Waals surface area contributed by atoms with Gasteiger partial charge in [-0.25, -0.2) is 0 Å². The van der Waals surface area contributed by atoms with Gasteiger partial charge in [0, 0.05) is 35.5 Å². The molecule has 0 amide bonds. The van der Waals surface area contributed by atoms with Crippen LogP contribution in [-0.4, -0.2) is 36.4 Å². The van der Waals surface area contributed by atoms with Crippen molar-refractivity contribution in [3.63, 3.8) is 0 Å². The number of anilines is 2. The Bertz CT molecular complexity index is 1350. The lowest BCUT2D eigenvalue weighted by molar-refractivity contribution is -0.137. The number of fused-ring (bicyclic) bond motifs is 1. The topological polar surface area (TPSA) is 100 Å². The van der Waals surface area contributed by atoms with Crippen molar-refractivity contribution in [2.45, 2.75) is 19.4 Å². The maximum Gasteiger partial charge on any atom is 0.306 e. The highest BCUT2D eigenvalue weighted by atomic mass is 35.5. The molecule has 1 fully saturated rings. The molecule has 2 aromatic carbocycles. The van der Waals surface area contributed by atoms with Crippen LogP contribution >= 0.6 is 11.6 Å². The van der Waals surface area contributed by atoms with E-state index in [2.05, 4.69) is 21.6 Å². The van der Waals surface area contributed by atoms with Crippen LogP contribution in [0.5, 0.6) is 5.75 Å². The van der Waals surface area contributed by atoms with Crippen molar-refractivity contribution < 1.29 is 14.3 Å². The van der Waals surface area contributed by atoms with Crippen LogP contribution in [-0.2, 0) is 16.1 Å². The third-order valence-corrected chi connectivity index (χ3v) is 6.61. The van der Waals surface area contributed by atoms with Gasteiger partial charge in [0.05, 0.1) is 30.2 Å². The normalized spacial score (nSPS) is 19.3. The fraction of sp³-hybridized carbons (Fsp3) is 0.280. The number of hydrogen-bond acceptors (Lipinski definition) is 8. The number of halogens is 1. The second-order valence-electron chi connectivity index (χ2n) is 8.53. The molecule has 0 bridgehead atoms. The average molecular weight is 476 g/mol. The van der Waals surface area contributed by atoms with E-state index in [1.165, 1.54) is 0 Å². The van der Waals surface area contributed by atoms with Crippen molar-refractivity contribution in [3.05, 3.63) is 64.8 Å². The van der Waals surface area contributed by atoms with Gasteiger partial charge in [-0.05, 0) is 42.3 Å². The van der Waals surface area contributed by atoms with Crippen molar-refractivity contribution in [3.8, 4) is 11.8 Å². The molecular weight excluding hydrogens is 454 g/mol. The molecule has 9 heteroatoms. The summed E-state index contributed by atoms with van der Waals surface area (Å²) in [7, 11) is 1.58. The zero-order valence-corrected chi connectivity index (χ0v) is 19.3. The van der Waals surface area contributed by atoms with Crippen molar-refractivity contribution in [1.29, 1.82) is 5.26 Å². The number of ether oxygens (including phenoxy) is 2. The van der Waals surface area contributed by atoms with E-state index < -0.39 is 0 Å². The van der Waals surface area contributed by atoms with Gasteiger partial charge in [0.2, 0.25) is 0 Å². The van der Waals surface area contributed by atoms with Crippen LogP contribution in [0.1, 0.15) is 24.0 Å². The van der Waals surface area contributed by atoms with E-state index in [1.54, 1.807) is 13.2 Å². The summed E-state index contributed by atoms with van der Waals surface area (Å²) in [4.78, 5) is 13.6. The van der Waals surface area contributed by atoms with Crippen LogP contribution in [0.15, 0.2) is 48.7 Å². The van der Waals surface area contributed by atoms with Gasteiger partial charge in [0.25, 0.3) is 0 Å². The maximum absolute atomic E-state index is 11.6. The largest absolute Gasteiger partial charge is 0.495 e. The summed E-state index contributed by atoms with van der Waals surface area (Å²) >= 11 is 6.25. The molecule has 1 unspecified atom stereocenters. The first-order chi connectivity index (χ1) is 16.5. The number of benzene rings is 2. The molecule has 1 spiro atoms. The Kier molecular flexibility index (Phi) is 5.72. The van der Waals surface area contributed by atoms with Gasteiger partial charge >= 0.3 is 5.97 Å². The standard InChI is InChI=1S/C25H22ClN5O3/c1-33-21-5-3-17(11-20(21)26)14-28-23-19-10-16(13-27)2-4-18(19)24(30-29-23)31-8-6-25(7-9-31)12-22(32)34-15-25/h2-6,8,10-11H,7,9,12,14-15H2,1H3,(H,28,29). The molecule has 0 saturated carbocycles. The van der Waals surface area contributed by atoms with Gasteiger partial charge in [0.15, 0.2) is 11.6 Å². The second kappa shape index (κ2) is 8.84. The van der Waals surface area contributed by atoms with E-state index in [-0.39, 0.29) is 11.4 Å². The Morgan fingerprint density at radius 1 is 1.26 bits per heavy atom. The van der Waals surface area contributed by atoms with E-state index in [9.17, 15) is 10.1 Å². The van der Waals surface area contributed by atoms with E-state index >= 15 is 0 Å². The molecule has 5 rings (SSSR count). The van der Waals surface area contributed by atoms with Gasteiger partial charge in [-0.2, -0.15) is 5.26 Å². The number of esters is 1. The third kappa shape index (κ3) is 4.11. The number of nitrogens with one attached hydrogen (secondary N) is 1. The predicted octanol–water partition coefficient (Wildman–Crippen LogP) is 4.43. The summed E-state index contributed by atoms with van der Waals surface area (Å²) in [6.07, 6.45) is 5.19. The van der Waals surface area contributed by atoms with Gasteiger partial charge in [-0.15, -0.1) is 10.2 Å². The molecule has 3 heterocycles. The first-order valence-electron chi connectivity index (χ1n) is 10.9. The van der Waals surface area contributed by atoms with Gasteiger partial charge in [0.1, 0.15) is 12.4 Å². The number of carbonyl (C=O) groups is 1. The minimum absolute atomic E-state index is 0.152. The Labute approximate surface area is 201 Å². The molecule has 34 heavy (non-hydrogen) atoms. The Morgan fingerprint density at radius 3 is 2.82 bits per heavy atom. The molecule has 1 N–H and O–H groups in total. The van der Waals surface area contributed by atoms with Crippen LogP contribution in [0.4, 0.5) is 11.6 Å². The number of cyclic esters (lactones) is 1. The van der Waals surface area contributed by atoms with E-state index in [0.29, 0.717) is 54.1 Å². The van der Waals surface area contributed by atoms with Gasteiger partial charge < -0.3 is 19.7 Å². The third-order valence-electron chi connectivity index (χ3n) is 6.31. The lowest BCUT2D eigenvalue weighted by Gasteiger charge is -2.32. The van der Waals surface area contributed by atoms with E-state index in [1.807, 2.05) is 47.5 Å². The predicted molar refractivity (Wildman–Crippen MR) is 129 cm³/mol. The zero-order chi connectivity index (χ0) is 23.7. The number of nitriles is 1. The number of rotatable bonds is 5. The summed E-state index contributed by atoms with van der Waals surface area (Å²) < 4.78 is 10.4. The molecule has 3 aromatic rings. The van der Waals surface area contributed by atoms with Crippen LogP contribution < -0.4 is 15.0 Å². The average Bonchev–Trinajstić information content (AvgIpc) is 3.22. The highest BCUT2D eigenvalue weighted by molar-refractivity contribution is 6.32. The van der Waals surface area contributed by atoms with Crippen LogP contribution in [0, 0.1) is 16.7 Å². The number of carbonyl (C=O) groups excluding carboxylic acids is 1. The van der Waals surface area contributed by atoms with Gasteiger partial charge in [-0.1, -0.05) is 23.7 Å². The highest BCUT2D eigenvalue weighted by Gasteiger charge is 2.40. The van der Waals surface area contributed by atoms with Crippen LogP contribution in [0.25, 0.3) is 10.8 Å².